The van der Waals surface area contributed by atoms with Crippen LogP contribution >= 0.6 is 0 Å². The third-order valence-electron chi connectivity index (χ3n) is 3.19. The average molecular weight is 308 g/mol. The van der Waals surface area contributed by atoms with Crippen molar-refractivity contribution in [1.82, 2.24) is 10.6 Å². The van der Waals surface area contributed by atoms with Gasteiger partial charge in [0.1, 0.15) is 6.04 Å². The maximum atomic E-state index is 11.8. The van der Waals surface area contributed by atoms with Crippen LogP contribution in [0.4, 0.5) is 4.79 Å². The highest BCUT2D eigenvalue weighted by Gasteiger charge is 2.21. The molecule has 0 fully saturated rings. The summed E-state index contributed by atoms with van der Waals surface area (Å²) < 4.78 is 4.73. The van der Waals surface area contributed by atoms with Crippen LogP contribution in [0, 0.1) is 0 Å². The number of benzene rings is 1. The largest absolute Gasteiger partial charge is 0.467 e. The normalized spacial score (nSPS) is 11.5. The number of hydrogen-bond donors (Lipinski definition) is 3. The SMILES string of the molecule is COC(=O)C(Cc1ccccc1)NC(=O)NCCCCCO. The Kier molecular flexibility index (Phi) is 8.67. The Labute approximate surface area is 130 Å². The standard InChI is InChI=1S/C16H24N2O4/c1-22-15(20)14(12-13-8-4-2-5-9-13)18-16(21)17-10-6-3-7-11-19/h2,4-5,8-9,14,19H,3,6-7,10-12H2,1H3,(H2,17,18,21). The van der Waals surface area contributed by atoms with Crippen molar-refractivity contribution in [2.45, 2.75) is 31.7 Å². The van der Waals surface area contributed by atoms with Crippen LogP contribution in [0.2, 0.25) is 0 Å². The topological polar surface area (TPSA) is 87.7 Å². The van der Waals surface area contributed by atoms with Crippen molar-refractivity contribution < 1.29 is 19.4 Å². The smallest absolute Gasteiger partial charge is 0.328 e. The lowest BCUT2D eigenvalue weighted by molar-refractivity contribution is -0.142. The second-order valence-electron chi connectivity index (χ2n) is 4.95. The van der Waals surface area contributed by atoms with E-state index in [2.05, 4.69) is 10.6 Å². The van der Waals surface area contributed by atoms with Gasteiger partial charge in [0.2, 0.25) is 0 Å². The predicted molar refractivity (Wildman–Crippen MR) is 83.4 cm³/mol. The van der Waals surface area contributed by atoms with Crippen LogP contribution in [-0.2, 0) is 16.0 Å². The lowest BCUT2D eigenvalue weighted by Crippen LogP contribution is -2.47. The summed E-state index contributed by atoms with van der Waals surface area (Å²) in [5, 5.41) is 14.0. The van der Waals surface area contributed by atoms with E-state index in [0.717, 1.165) is 24.8 Å². The quantitative estimate of drug-likeness (QED) is 0.473. The van der Waals surface area contributed by atoms with E-state index in [-0.39, 0.29) is 6.61 Å². The van der Waals surface area contributed by atoms with Gasteiger partial charge in [0.25, 0.3) is 0 Å². The van der Waals surface area contributed by atoms with Gasteiger partial charge in [-0.15, -0.1) is 0 Å². The highest BCUT2D eigenvalue weighted by molar-refractivity contribution is 5.83. The number of ether oxygens (including phenoxy) is 1. The molecular weight excluding hydrogens is 284 g/mol. The molecule has 0 heterocycles. The molecule has 1 aromatic carbocycles. The van der Waals surface area contributed by atoms with E-state index in [0.29, 0.717) is 13.0 Å². The number of amides is 2. The van der Waals surface area contributed by atoms with Crippen molar-refractivity contribution in [3.05, 3.63) is 35.9 Å². The van der Waals surface area contributed by atoms with Crippen LogP contribution < -0.4 is 10.6 Å². The summed E-state index contributed by atoms with van der Waals surface area (Å²) in [6.45, 7) is 0.665. The summed E-state index contributed by atoms with van der Waals surface area (Å²) >= 11 is 0. The number of hydrogen-bond acceptors (Lipinski definition) is 4. The molecular formula is C16H24N2O4. The summed E-state index contributed by atoms with van der Waals surface area (Å²) in [5.41, 5.74) is 0.946. The van der Waals surface area contributed by atoms with Gasteiger partial charge in [-0.1, -0.05) is 30.3 Å². The number of unbranched alkanes of at least 4 members (excludes halogenated alkanes) is 2. The molecule has 3 N–H and O–H groups in total. The Morgan fingerprint density at radius 2 is 1.91 bits per heavy atom. The molecule has 2 amide bonds. The Bertz CT molecular complexity index is 451. The number of aliphatic hydroxyl groups is 1. The van der Waals surface area contributed by atoms with Crippen LogP contribution in [0.3, 0.4) is 0 Å². The molecule has 0 saturated carbocycles. The maximum absolute atomic E-state index is 11.8. The number of methoxy groups -OCH3 is 1. The van der Waals surface area contributed by atoms with Crippen molar-refractivity contribution >= 4 is 12.0 Å². The molecule has 0 aliphatic rings. The minimum Gasteiger partial charge on any atom is -0.467 e. The summed E-state index contributed by atoms with van der Waals surface area (Å²) in [4.78, 5) is 23.6. The summed E-state index contributed by atoms with van der Waals surface area (Å²) in [5.74, 6) is -0.473. The first-order chi connectivity index (χ1) is 10.7. The fourth-order valence-corrected chi connectivity index (χ4v) is 2.01. The van der Waals surface area contributed by atoms with Crippen molar-refractivity contribution in [3.8, 4) is 0 Å². The van der Waals surface area contributed by atoms with E-state index >= 15 is 0 Å². The van der Waals surface area contributed by atoms with Gasteiger partial charge in [-0.25, -0.2) is 9.59 Å². The van der Waals surface area contributed by atoms with Gasteiger partial charge >= 0.3 is 12.0 Å². The van der Waals surface area contributed by atoms with Gasteiger partial charge in [-0.05, 0) is 24.8 Å². The highest BCUT2D eigenvalue weighted by Crippen LogP contribution is 2.04. The fourth-order valence-electron chi connectivity index (χ4n) is 2.01. The minimum atomic E-state index is -0.718. The zero-order valence-corrected chi connectivity index (χ0v) is 12.9. The minimum absolute atomic E-state index is 0.160. The molecule has 1 unspecified atom stereocenters. The van der Waals surface area contributed by atoms with Gasteiger partial charge in [-0.3, -0.25) is 0 Å². The molecule has 122 valence electrons. The van der Waals surface area contributed by atoms with Gasteiger partial charge in [0.05, 0.1) is 7.11 Å². The van der Waals surface area contributed by atoms with Gasteiger partial charge in [-0.2, -0.15) is 0 Å². The molecule has 6 nitrogen and oxygen atoms in total. The van der Waals surface area contributed by atoms with E-state index in [4.69, 9.17) is 9.84 Å². The molecule has 0 spiro atoms. The van der Waals surface area contributed by atoms with Gasteiger partial charge in [0.15, 0.2) is 0 Å². The molecule has 1 aromatic rings. The highest BCUT2D eigenvalue weighted by atomic mass is 16.5. The monoisotopic (exact) mass is 308 g/mol. The van der Waals surface area contributed by atoms with E-state index < -0.39 is 18.0 Å². The Hall–Kier alpha value is -2.08. The van der Waals surface area contributed by atoms with E-state index in [1.165, 1.54) is 7.11 Å². The Morgan fingerprint density at radius 3 is 2.55 bits per heavy atom. The predicted octanol–water partition coefficient (Wildman–Crippen LogP) is 1.23. The van der Waals surface area contributed by atoms with Crippen molar-refractivity contribution in [3.63, 3.8) is 0 Å². The van der Waals surface area contributed by atoms with Crippen LogP contribution in [0.1, 0.15) is 24.8 Å². The molecule has 6 heteroatoms. The number of urea groups is 1. The van der Waals surface area contributed by atoms with Crippen LogP contribution in [0.15, 0.2) is 30.3 Å². The van der Waals surface area contributed by atoms with Crippen molar-refractivity contribution in [1.29, 1.82) is 0 Å². The van der Waals surface area contributed by atoms with Crippen molar-refractivity contribution in [2.75, 3.05) is 20.3 Å². The van der Waals surface area contributed by atoms with Crippen LogP contribution in [0.5, 0.6) is 0 Å². The number of rotatable bonds is 9. The molecule has 0 aromatic heterocycles. The molecule has 1 atom stereocenters. The maximum Gasteiger partial charge on any atom is 0.328 e. The molecule has 22 heavy (non-hydrogen) atoms. The number of esters is 1. The number of carbonyl (C=O) groups is 2. The van der Waals surface area contributed by atoms with Crippen molar-refractivity contribution in [2.24, 2.45) is 0 Å². The summed E-state index contributed by atoms with van der Waals surface area (Å²) in [6.07, 6.45) is 2.74. The summed E-state index contributed by atoms with van der Waals surface area (Å²) in [7, 11) is 1.30. The second kappa shape index (κ2) is 10.6. The third-order valence-corrected chi connectivity index (χ3v) is 3.19. The molecule has 0 bridgehead atoms. The number of aliphatic hydroxyl groups excluding tert-OH is 1. The number of carbonyl (C=O) groups excluding carboxylic acids is 2. The Morgan fingerprint density at radius 1 is 1.18 bits per heavy atom. The first-order valence-corrected chi connectivity index (χ1v) is 7.44. The first kappa shape index (κ1) is 18.0. The molecule has 0 aliphatic heterocycles. The van der Waals surface area contributed by atoms with E-state index in [1.807, 2.05) is 30.3 Å². The molecule has 0 aliphatic carbocycles. The van der Waals surface area contributed by atoms with E-state index in [9.17, 15) is 9.59 Å². The van der Waals surface area contributed by atoms with Crippen LogP contribution in [-0.4, -0.2) is 43.4 Å². The van der Waals surface area contributed by atoms with Gasteiger partial charge in [0, 0.05) is 19.6 Å². The lowest BCUT2D eigenvalue weighted by Gasteiger charge is -2.17. The zero-order valence-electron chi connectivity index (χ0n) is 12.9. The fraction of sp³-hybridized carbons (Fsp3) is 0.500. The second-order valence-corrected chi connectivity index (χ2v) is 4.95. The summed E-state index contributed by atoms with van der Waals surface area (Å²) in [6, 6.07) is 8.33. The molecule has 0 radical (unpaired) electrons. The third kappa shape index (κ3) is 7.08. The lowest BCUT2D eigenvalue weighted by atomic mass is 10.1. The van der Waals surface area contributed by atoms with Gasteiger partial charge < -0.3 is 20.5 Å². The molecule has 1 rings (SSSR count). The van der Waals surface area contributed by atoms with Crippen LogP contribution in [0.25, 0.3) is 0 Å². The number of nitrogens with one attached hydrogen (secondary N) is 2. The van der Waals surface area contributed by atoms with E-state index in [1.54, 1.807) is 0 Å². The zero-order chi connectivity index (χ0) is 16.2. The average Bonchev–Trinajstić information content (AvgIpc) is 2.54. The first-order valence-electron chi connectivity index (χ1n) is 7.44. The molecule has 0 saturated heterocycles. The Balaban J connectivity index is 2.44.